The summed E-state index contributed by atoms with van der Waals surface area (Å²) in [4.78, 5) is 0. The van der Waals surface area contributed by atoms with E-state index in [9.17, 15) is 0 Å². The van der Waals surface area contributed by atoms with Gasteiger partial charge >= 0.3 is 0 Å². The molecule has 4 radical (unpaired) electrons. The highest BCUT2D eigenvalue weighted by atomic mass is 16.5. The average molecular weight is 449 g/mol. The van der Waals surface area contributed by atoms with Crippen LogP contribution in [0.1, 0.15) is 122 Å². The molecule has 0 spiro atoms. The molecular formula is C31H44O2. The highest BCUT2D eigenvalue weighted by Gasteiger charge is 2.32. The predicted octanol–water partition coefficient (Wildman–Crippen LogP) is 9.00. The van der Waals surface area contributed by atoms with Crippen LogP contribution in [0.25, 0.3) is 0 Å². The van der Waals surface area contributed by atoms with E-state index in [1.807, 2.05) is 0 Å². The molecule has 0 fully saturated rings. The Morgan fingerprint density at radius 2 is 1.18 bits per heavy atom. The lowest BCUT2D eigenvalue weighted by Crippen LogP contribution is -2.22. The molecule has 2 rings (SSSR count). The monoisotopic (exact) mass is 448 g/mol. The first-order valence-electron chi connectivity index (χ1n) is 12.4. The van der Waals surface area contributed by atoms with Crippen molar-refractivity contribution in [3.05, 3.63) is 72.4 Å². The summed E-state index contributed by atoms with van der Waals surface area (Å²) in [6.45, 7) is 22.3. The zero-order chi connectivity index (χ0) is 25.2. The van der Waals surface area contributed by atoms with Crippen molar-refractivity contribution >= 4 is 0 Å². The second-order valence-electron chi connectivity index (χ2n) is 11.3. The fourth-order valence-corrected chi connectivity index (χ4v) is 4.31. The molecule has 2 nitrogen and oxygen atoms in total. The molecule has 0 amide bonds. The van der Waals surface area contributed by atoms with Crippen LogP contribution in [0.2, 0.25) is 0 Å². The van der Waals surface area contributed by atoms with Crippen LogP contribution in [0.3, 0.4) is 0 Å². The van der Waals surface area contributed by atoms with Crippen LogP contribution >= 0.6 is 0 Å². The lowest BCUT2D eigenvalue weighted by molar-refractivity contribution is 0.415. The molecule has 0 saturated heterocycles. The van der Waals surface area contributed by atoms with Gasteiger partial charge in [0.25, 0.3) is 0 Å². The average Bonchev–Trinajstić information content (AvgIpc) is 2.81. The van der Waals surface area contributed by atoms with Gasteiger partial charge in [-0.15, -0.1) is 0 Å². The number of rotatable bonds is 10. The number of hydrogen-bond acceptors (Lipinski definition) is 2. The highest BCUT2D eigenvalue weighted by Crippen LogP contribution is 2.47. The maximum absolute atomic E-state index is 5.95. The smallest absolute Gasteiger partial charge is 0.180 e. The molecule has 1 unspecified atom stereocenters. The number of hydrogen-bond donors (Lipinski definition) is 0. The summed E-state index contributed by atoms with van der Waals surface area (Å²) in [6.07, 6.45) is 2.99. The molecule has 0 heterocycles. The molecule has 0 N–H and O–H groups in total. The molecule has 0 saturated carbocycles. The quantitative estimate of drug-likeness (QED) is 0.361. The standard InChI is InChI=1S/C31H44O2/c1-13-29(5,6)22-19-24(28(33-12)26(20-22)31(9,10)15-3)21(4)23-17-16-18-25(27(23)32-11)30(7,8)14-2/h11-12,16-21H,13-15H2,1-10H3. The Kier molecular flexibility index (Phi) is 8.37. The second kappa shape index (κ2) is 10.1. The van der Waals surface area contributed by atoms with Gasteiger partial charge in [-0.2, -0.15) is 0 Å². The van der Waals surface area contributed by atoms with E-state index >= 15 is 0 Å². The van der Waals surface area contributed by atoms with Crippen molar-refractivity contribution in [2.24, 2.45) is 0 Å². The number of ether oxygens (including phenoxy) is 2. The molecule has 2 aromatic carbocycles. The number of para-hydroxylation sites is 1. The van der Waals surface area contributed by atoms with Gasteiger partial charge in [-0.3, -0.25) is 0 Å². The van der Waals surface area contributed by atoms with Gasteiger partial charge in [-0.1, -0.05) is 99.6 Å². The summed E-state index contributed by atoms with van der Waals surface area (Å²) in [7, 11) is 11.8. The third-order valence-electron chi connectivity index (χ3n) is 8.22. The summed E-state index contributed by atoms with van der Waals surface area (Å²) >= 11 is 0. The molecular weight excluding hydrogens is 404 g/mol. The van der Waals surface area contributed by atoms with E-state index < -0.39 is 0 Å². The summed E-state index contributed by atoms with van der Waals surface area (Å²) in [6, 6.07) is 10.9. The van der Waals surface area contributed by atoms with Crippen molar-refractivity contribution in [1.29, 1.82) is 0 Å². The largest absolute Gasteiger partial charge is 0.482 e. The molecule has 180 valence electrons. The third kappa shape index (κ3) is 5.26. The molecule has 0 aliphatic heterocycles. The highest BCUT2D eigenvalue weighted by molar-refractivity contribution is 5.57. The van der Waals surface area contributed by atoms with Gasteiger partial charge in [-0.25, -0.2) is 0 Å². The molecule has 0 aliphatic rings. The maximum Gasteiger partial charge on any atom is 0.180 e. The van der Waals surface area contributed by atoms with E-state index in [1.165, 1.54) is 5.56 Å². The molecule has 33 heavy (non-hydrogen) atoms. The van der Waals surface area contributed by atoms with Gasteiger partial charge in [0.05, 0.1) is 0 Å². The third-order valence-corrected chi connectivity index (χ3v) is 8.22. The van der Waals surface area contributed by atoms with Gasteiger partial charge in [0.1, 0.15) is 11.5 Å². The summed E-state index contributed by atoms with van der Waals surface area (Å²) < 4.78 is 11.2. The van der Waals surface area contributed by atoms with E-state index in [0.29, 0.717) is 0 Å². The summed E-state index contributed by atoms with van der Waals surface area (Å²) in [5, 5.41) is 0. The predicted molar refractivity (Wildman–Crippen MR) is 140 cm³/mol. The lowest BCUT2D eigenvalue weighted by atomic mass is 9.73. The Morgan fingerprint density at radius 1 is 0.697 bits per heavy atom. The van der Waals surface area contributed by atoms with Crippen LogP contribution < -0.4 is 9.47 Å². The molecule has 0 aromatic heterocycles. The molecule has 0 bridgehead atoms. The molecule has 1 atom stereocenters. The first-order chi connectivity index (χ1) is 15.3. The normalized spacial score (nSPS) is 13.7. The van der Waals surface area contributed by atoms with Crippen LogP contribution in [-0.4, -0.2) is 0 Å². The topological polar surface area (TPSA) is 18.5 Å². The van der Waals surface area contributed by atoms with Crippen LogP contribution in [0.15, 0.2) is 30.3 Å². The van der Waals surface area contributed by atoms with Gasteiger partial charge < -0.3 is 9.47 Å². The van der Waals surface area contributed by atoms with E-state index in [0.717, 1.165) is 53.0 Å². The van der Waals surface area contributed by atoms with Crippen LogP contribution in [0.4, 0.5) is 0 Å². The van der Waals surface area contributed by atoms with E-state index in [4.69, 9.17) is 23.7 Å². The summed E-state index contributed by atoms with van der Waals surface area (Å²) in [5.41, 5.74) is 5.56. The Labute approximate surface area is 204 Å². The molecule has 2 heteroatoms. The minimum absolute atomic E-state index is 0.0197. The molecule has 0 aliphatic carbocycles. The minimum atomic E-state index is -0.0811. The van der Waals surface area contributed by atoms with E-state index in [1.54, 1.807) is 0 Å². The Morgan fingerprint density at radius 3 is 1.67 bits per heavy atom. The fourth-order valence-electron chi connectivity index (χ4n) is 4.31. The molecule has 2 aromatic rings. The van der Waals surface area contributed by atoms with E-state index in [2.05, 4.69) is 99.6 Å². The number of benzene rings is 2. The van der Waals surface area contributed by atoms with Gasteiger partial charge in [-0.05, 0) is 41.1 Å². The van der Waals surface area contributed by atoms with Crippen molar-refractivity contribution in [2.45, 2.75) is 111 Å². The van der Waals surface area contributed by atoms with Crippen molar-refractivity contribution in [3.8, 4) is 11.5 Å². The van der Waals surface area contributed by atoms with Crippen molar-refractivity contribution in [1.82, 2.24) is 0 Å². The van der Waals surface area contributed by atoms with Crippen LogP contribution in [0.5, 0.6) is 11.5 Å². The van der Waals surface area contributed by atoms with E-state index in [-0.39, 0.29) is 22.2 Å². The SMILES string of the molecule is [CH]Oc1c(C(C)c2cc(C(C)(C)CC)cc(C(C)(C)CC)c2O[CH])cccc1C(C)(C)CC. The second-order valence-corrected chi connectivity index (χ2v) is 11.3. The Bertz CT molecular complexity index is 950. The maximum atomic E-state index is 5.95. The van der Waals surface area contributed by atoms with Gasteiger partial charge in [0.15, 0.2) is 14.2 Å². The van der Waals surface area contributed by atoms with Crippen LogP contribution in [-0.2, 0) is 16.2 Å². The van der Waals surface area contributed by atoms with Crippen LogP contribution in [0, 0.1) is 14.2 Å². The van der Waals surface area contributed by atoms with Crippen molar-refractivity contribution < 1.29 is 9.47 Å². The Balaban J connectivity index is 2.88. The first-order valence-corrected chi connectivity index (χ1v) is 12.4. The van der Waals surface area contributed by atoms with Gasteiger partial charge in [0, 0.05) is 28.2 Å². The first kappa shape index (κ1) is 27.3. The zero-order valence-electron chi connectivity index (χ0n) is 22.6. The van der Waals surface area contributed by atoms with Crippen molar-refractivity contribution in [2.75, 3.05) is 0 Å². The Hall–Kier alpha value is -1.96. The van der Waals surface area contributed by atoms with Crippen molar-refractivity contribution in [3.63, 3.8) is 0 Å². The fraction of sp³-hybridized carbons (Fsp3) is 0.548. The lowest BCUT2D eigenvalue weighted by Gasteiger charge is -2.33. The minimum Gasteiger partial charge on any atom is -0.482 e. The summed E-state index contributed by atoms with van der Waals surface area (Å²) in [5.74, 6) is 1.48. The van der Waals surface area contributed by atoms with Gasteiger partial charge in [0.2, 0.25) is 0 Å². The zero-order valence-corrected chi connectivity index (χ0v) is 22.6.